The molecule has 0 aromatic carbocycles. The highest BCUT2D eigenvalue weighted by molar-refractivity contribution is 7.98. The Labute approximate surface area is 116 Å². The number of unbranched alkanes of at least 4 members (excludes halogenated alkanes) is 2. The number of nitrogens with one attached hydrogen (secondary N) is 1. The molecule has 0 bridgehead atoms. The number of carbonyl (C=O) groups is 2. The lowest BCUT2D eigenvalue weighted by atomic mass is 10.2. The summed E-state index contributed by atoms with van der Waals surface area (Å²) in [7, 11) is 0. The Morgan fingerprint density at radius 1 is 1.26 bits per heavy atom. The van der Waals surface area contributed by atoms with Crippen molar-refractivity contribution in [2.45, 2.75) is 30.8 Å². The highest BCUT2D eigenvalue weighted by Crippen LogP contribution is 2.07. The number of hydrogen-bond donors (Lipinski definition) is 2. The Kier molecular flexibility index (Phi) is 6.88. The lowest BCUT2D eigenvalue weighted by Crippen LogP contribution is -2.24. The van der Waals surface area contributed by atoms with Gasteiger partial charge in [0.1, 0.15) is 0 Å². The molecule has 0 saturated carbocycles. The number of aromatic nitrogens is 2. The SMILES string of the molecule is CSc1ncc(C(=O)NCCCCCC(=O)O)cn1. The van der Waals surface area contributed by atoms with Crippen molar-refractivity contribution in [2.24, 2.45) is 0 Å². The molecular formula is C12H17N3O3S. The van der Waals surface area contributed by atoms with Crippen LogP contribution in [0.5, 0.6) is 0 Å². The first-order valence-electron chi connectivity index (χ1n) is 5.99. The van der Waals surface area contributed by atoms with E-state index in [0.29, 0.717) is 23.7 Å². The van der Waals surface area contributed by atoms with Gasteiger partial charge in [-0.3, -0.25) is 9.59 Å². The molecule has 104 valence electrons. The van der Waals surface area contributed by atoms with Gasteiger partial charge >= 0.3 is 5.97 Å². The van der Waals surface area contributed by atoms with Gasteiger partial charge in [0.05, 0.1) is 5.56 Å². The van der Waals surface area contributed by atoms with Crippen molar-refractivity contribution in [2.75, 3.05) is 12.8 Å². The van der Waals surface area contributed by atoms with E-state index >= 15 is 0 Å². The average molecular weight is 283 g/mol. The van der Waals surface area contributed by atoms with E-state index in [-0.39, 0.29) is 12.3 Å². The predicted octanol–water partition coefficient (Wildman–Crippen LogP) is 1.57. The molecule has 2 N–H and O–H groups in total. The van der Waals surface area contributed by atoms with E-state index in [1.807, 2.05) is 6.26 Å². The molecule has 0 aliphatic carbocycles. The van der Waals surface area contributed by atoms with E-state index in [1.54, 1.807) is 0 Å². The lowest BCUT2D eigenvalue weighted by molar-refractivity contribution is -0.137. The van der Waals surface area contributed by atoms with Gasteiger partial charge in [0.25, 0.3) is 5.91 Å². The largest absolute Gasteiger partial charge is 0.481 e. The first kappa shape index (κ1) is 15.4. The van der Waals surface area contributed by atoms with Crippen molar-refractivity contribution in [3.8, 4) is 0 Å². The minimum atomic E-state index is -0.782. The lowest BCUT2D eigenvalue weighted by Gasteiger charge is -2.04. The van der Waals surface area contributed by atoms with Crippen LogP contribution in [0, 0.1) is 0 Å². The summed E-state index contributed by atoms with van der Waals surface area (Å²) in [4.78, 5) is 30.0. The summed E-state index contributed by atoms with van der Waals surface area (Å²) in [6.45, 7) is 0.530. The van der Waals surface area contributed by atoms with Crippen molar-refractivity contribution in [1.29, 1.82) is 0 Å². The van der Waals surface area contributed by atoms with Crippen LogP contribution in [0.3, 0.4) is 0 Å². The van der Waals surface area contributed by atoms with Crippen LogP contribution in [0.15, 0.2) is 17.6 Å². The molecule has 1 amide bonds. The van der Waals surface area contributed by atoms with Crippen molar-refractivity contribution < 1.29 is 14.7 Å². The molecule has 0 atom stereocenters. The van der Waals surface area contributed by atoms with E-state index in [9.17, 15) is 9.59 Å². The number of aliphatic carboxylic acids is 1. The second-order valence-corrected chi connectivity index (χ2v) is 4.69. The molecule has 1 heterocycles. The standard InChI is InChI=1S/C12H17N3O3S/c1-19-12-14-7-9(8-15-12)11(18)13-6-4-2-3-5-10(16)17/h7-8H,2-6H2,1H3,(H,13,18)(H,16,17). The van der Waals surface area contributed by atoms with Gasteiger partial charge in [-0.15, -0.1) is 0 Å². The molecule has 0 fully saturated rings. The van der Waals surface area contributed by atoms with Gasteiger partial charge in [-0.25, -0.2) is 9.97 Å². The molecule has 1 aromatic heterocycles. The minimum absolute atomic E-state index is 0.179. The van der Waals surface area contributed by atoms with Crippen LogP contribution >= 0.6 is 11.8 Å². The number of carboxylic acids is 1. The zero-order valence-electron chi connectivity index (χ0n) is 10.8. The van der Waals surface area contributed by atoms with Crippen LogP contribution in [-0.2, 0) is 4.79 Å². The molecule has 0 aliphatic heterocycles. The van der Waals surface area contributed by atoms with Crippen molar-refractivity contribution in [3.63, 3.8) is 0 Å². The molecule has 0 saturated heterocycles. The second-order valence-electron chi connectivity index (χ2n) is 3.92. The topological polar surface area (TPSA) is 92.2 Å². The fourth-order valence-corrected chi connectivity index (χ4v) is 1.74. The molecule has 0 radical (unpaired) electrons. The molecule has 7 heteroatoms. The third-order valence-electron chi connectivity index (χ3n) is 2.43. The van der Waals surface area contributed by atoms with Crippen LogP contribution in [0.25, 0.3) is 0 Å². The van der Waals surface area contributed by atoms with Gasteiger partial charge in [-0.1, -0.05) is 18.2 Å². The van der Waals surface area contributed by atoms with Crippen LogP contribution < -0.4 is 5.32 Å². The van der Waals surface area contributed by atoms with Gasteiger partial charge < -0.3 is 10.4 Å². The molecule has 1 aromatic rings. The Bertz CT molecular complexity index is 423. The normalized spacial score (nSPS) is 10.2. The Morgan fingerprint density at radius 3 is 2.53 bits per heavy atom. The molecule has 1 rings (SSSR count). The molecule has 0 spiro atoms. The van der Waals surface area contributed by atoms with Crippen LogP contribution in [0.1, 0.15) is 36.0 Å². The zero-order valence-corrected chi connectivity index (χ0v) is 11.6. The summed E-state index contributed by atoms with van der Waals surface area (Å²) in [6, 6.07) is 0. The number of carbonyl (C=O) groups excluding carboxylic acids is 1. The molecule has 19 heavy (non-hydrogen) atoms. The summed E-state index contributed by atoms with van der Waals surface area (Å²) in [6.07, 6.45) is 7.23. The maximum atomic E-state index is 11.7. The maximum absolute atomic E-state index is 11.7. The molecular weight excluding hydrogens is 266 g/mol. The molecule has 6 nitrogen and oxygen atoms in total. The Morgan fingerprint density at radius 2 is 1.95 bits per heavy atom. The summed E-state index contributed by atoms with van der Waals surface area (Å²) in [5.41, 5.74) is 0.434. The van der Waals surface area contributed by atoms with E-state index in [2.05, 4.69) is 15.3 Å². The number of nitrogens with zero attached hydrogens (tertiary/aromatic N) is 2. The van der Waals surface area contributed by atoms with Crippen LogP contribution in [0.4, 0.5) is 0 Å². The van der Waals surface area contributed by atoms with Crippen molar-refractivity contribution >= 4 is 23.6 Å². The first-order chi connectivity index (χ1) is 9.13. The third kappa shape index (κ3) is 6.19. The first-order valence-corrected chi connectivity index (χ1v) is 7.22. The number of rotatable bonds is 8. The van der Waals surface area contributed by atoms with Gasteiger partial charge in [0.2, 0.25) is 0 Å². The fraction of sp³-hybridized carbons (Fsp3) is 0.500. The fourth-order valence-electron chi connectivity index (χ4n) is 1.42. The number of amides is 1. The smallest absolute Gasteiger partial charge is 0.303 e. The number of carboxylic acid groups (broad SMARTS) is 1. The number of hydrogen-bond acceptors (Lipinski definition) is 5. The van der Waals surface area contributed by atoms with Gasteiger partial charge in [0.15, 0.2) is 5.16 Å². The van der Waals surface area contributed by atoms with Crippen molar-refractivity contribution in [3.05, 3.63) is 18.0 Å². The van der Waals surface area contributed by atoms with Crippen LogP contribution in [0.2, 0.25) is 0 Å². The second kappa shape index (κ2) is 8.47. The highest BCUT2D eigenvalue weighted by Gasteiger charge is 2.06. The Balaban J connectivity index is 2.21. The Hall–Kier alpha value is -1.63. The van der Waals surface area contributed by atoms with E-state index in [1.165, 1.54) is 24.2 Å². The van der Waals surface area contributed by atoms with Crippen molar-refractivity contribution in [1.82, 2.24) is 15.3 Å². The van der Waals surface area contributed by atoms with Gasteiger partial charge in [-0.2, -0.15) is 0 Å². The van der Waals surface area contributed by atoms with E-state index in [0.717, 1.165) is 12.8 Å². The maximum Gasteiger partial charge on any atom is 0.303 e. The van der Waals surface area contributed by atoms with Gasteiger partial charge in [-0.05, 0) is 19.1 Å². The minimum Gasteiger partial charge on any atom is -0.481 e. The summed E-state index contributed by atoms with van der Waals surface area (Å²) >= 11 is 1.42. The van der Waals surface area contributed by atoms with Gasteiger partial charge in [0, 0.05) is 25.4 Å². The molecule has 0 unspecified atom stereocenters. The van der Waals surface area contributed by atoms with Crippen LogP contribution in [-0.4, -0.2) is 39.8 Å². The number of thioether (sulfide) groups is 1. The monoisotopic (exact) mass is 283 g/mol. The van der Waals surface area contributed by atoms with E-state index < -0.39 is 5.97 Å². The summed E-state index contributed by atoms with van der Waals surface area (Å²) < 4.78 is 0. The van der Waals surface area contributed by atoms with E-state index in [4.69, 9.17) is 5.11 Å². The average Bonchev–Trinajstić information content (AvgIpc) is 2.42. The third-order valence-corrected chi connectivity index (χ3v) is 3.00. The summed E-state index contributed by atoms with van der Waals surface area (Å²) in [5.74, 6) is -0.985. The quantitative estimate of drug-likeness (QED) is 0.427. The predicted molar refractivity (Wildman–Crippen MR) is 72.3 cm³/mol. The zero-order chi connectivity index (χ0) is 14.1. The highest BCUT2D eigenvalue weighted by atomic mass is 32.2. The summed E-state index contributed by atoms with van der Waals surface area (Å²) in [5, 5.41) is 11.8. The molecule has 0 aliphatic rings.